The molecule has 19 nitrogen and oxygen atoms in total. The molecule has 3 heterocycles. The van der Waals surface area contributed by atoms with E-state index >= 15 is 0 Å². The summed E-state index contributed by atoms with van der Waals surface area (Å²) < 4.78 is 0. The average Bonchev–Trinajstić information content (AvgIpc) is 3.95. The monoisotopic (exact) mass is 938 g/mol. The lowest BCUT2D eigenvalue weighted by Gasteiger charge is -2.28. The predicted molar refractivity (Wildman–Crippen MR) is 259 cm³/mol. The molecule has 0 spiro atoms. The second-order valence-electron chi connectivity index (χ2n) is 16.0. The highest BCUT2D eigenvalue weighted by atomic mass is 32.1. The van der Waals surface area contributed by atoms with Crippen LogP contribution in [0.1, 0.15) is 42.9 Å². The number of hydrogen-bond donors (Lipinski definition) is 9. The molecule has 2 aromatic carbocycles. The van der Waals surface area contributed by atoms with Gasteiger partial charge in [0.15, 0.2) is 0 Å². The molecule has 0 bridgehead atoms. The number of aromatic nitrogens is 3. The maximum atomic E-state index is 14.0. The van der Waals surface area contributed by atoms with Crippen molar-refractivity contribution in [3.63, 3.8) is 0 Å². The summed E-state index contributed by atoms with van der Waals surface area (Å²) in [6.45, 7) is 1.79. The smallest absolute Gasteiger partial charge is 0.312 e. The van der Waals surface area contributed by atoms with Gasteiger partial charge < -0.3 is 57.0 Å². The zero-order chi connectivity index (χ0) is 48.0. The Balaban J connectivity index is 1.28. The molecule has 3 aromatic heterocycles. The molecular formula is C47H62N12O7S. The van der Waals surface area contributed by atoms with Crippen LogP contribution in [0.2, 0.25) is 0 Å². The second kappa shape index (κ2) is 26.9. The highest BCUT2D eigenvalue weighted by Gasteiger charge is 2.27. The van der Waals surface area contributed by atoms with Gasteiger partial charge in [0, 0.05) is 91.6 Å². The Hall–Kier alpha value is -6.93. The van der Waals surface area contributed by atoms with Crippen molar-refractivity contribution in [1.29, 1.82) is 0 Å². The molecular weight excluding hydrogens is 877 g/mol. The third kappa shape index (κ3) is 16.5. The maximum Gasteiger partial charge on any atom is 0.312 e. The number of amides is 8. The number of para-hydroxylation sites is 2. The van der Waals surface area contributed by atoms with Crippen LogP contribution in [0.5, 0.6) is 0 Å². The first-order chi connectivity index (χ1) is 32.4. The van der Waals surface area contributed by atoms with E-state index in [0.717, 1.165) is 38.5 Å². The van der Waals surface area contributed by atoms with E-state index in [9.17, 15) is 33.6 Å². The van der Waals surface area contributed by atoms with Crippen molar-refractivity contribution < 1.29 is 33.6 Å². The van der Waals surface area contributed by atoms with E-state index in [1.807, 2.05) is 73.9 Å². The topological polar surface area (TPSA) is 260 Å². The Bertz CT molecular complexity index is 2430. The number of aromatic amines is 2. The molecule has 9 N–H and O–H groups in total. The number of primary amides is 1. The van der Waals surface area contributed by atoms with Crippen molar-refractivity contribution >= 4 is 75.9 Å². The van der Waals surface area contributed by atoms with Gasteiger partial charge in [-0.05, 0) is 67.0 Å². The highest BCUT2D eigenvalue weighted by molar-refractivity contribution is 7.80. The Kier molecular flexibility index (Phi) is 20.5. The van der Waals surface area contributed by atoms with Crippen molar-refractivity contribution in [1.82, 2.24) is 56.2 Å². The normalized spacial score (nSPS) is 11.4. The fourth-order valence-electron chi connectivity index (χ4n) is 7.55. The SMILES string of the molecule is CCCN(CC(=O)NCCS)C(=O)CN(CCc1c[nH]c2ccccc12)C(=O)CNC(=O)C(CCCNC(N)=O)NC(=O)CN(CCc1c[nH]c2ccccc12)C(=O)CNCc1cccnc1. The molecule has 0 saturated carbocycles. The van der Waals surface area contributed by atoms with Crippen molar-refractivity contribution in [3.05, 3.63) is 102 Å². The van der Waals surface area contributed by atoms with Gasteiger partial charge in [-0.2, -0.15) is 12.6 Å². The van der Waals surface area contributed by atoms with E-state index < -0.39 is 42.2 Å². The Morgan fingerprint density at radius 2 is 1.31 bits per heavy atom. The van der Waals surface area contributed by atoms with E-state index in [4.69, 9.17) is 5.73 Å². The molecule has 0 fully saturated rings. The number of benzene rings is 2. The van der Waals surface area contributed by atoms with Crippen molar-refractivity contribution in [2.24, 2.45) is 5.73 Å². The van der Waals surface area contributed by atoms with Crippen LogP contribution >= 0.6 is 12.6 Å². The number of nitrogens with one attached hydrogen (secondary N) is 7. The van der Waals surface area contributed by atoms with E-state index in [1.54, 1.807) is 18.5 Å². The quantitative estimate of drug-likeness (QED) is 0.0261. The standard InChI is InChI=1S/C47H62N12O7S/c1-2-20-57(30-41(60)51-19-23-67)45(64)32-59(22-16-35-27-54-39-13-6-4-11-37(35)39)44(63)29-55-46(65)40(14-8-18-52-47(48)66)56-42(61)31-58(43(62)28-50-25-33-9-7-17-49-24-33)21-15-34-26-53-38-12-5-3-10-36(34)38/h3-7,9-13,17,24,26-27,40,50,53-54,67H,2,8,14-16,18-23,25,28-32H2,1H3,(H,51,60)(H,55,65)(H,56,61)(H3,48,52,66). The minimum absolute atomic E-state index is 0.0476. The number of thiol groups is 1. The number of H-pyrrole nitrogens is 2. The van der Waals surface area contributed by atoms with Crippen LogP contribution < -0.4 is 32.3 Å². The van der Waals surface area contributed by atoms with Gasteiger partial charge in [-0.3, -0.25) is 33.8 Å². The van der Waals surface area contributed by atoms with Gasteiger partial charge in [-0.25, -0.2) is 4.79 Å². The summed E-state index contributed by atoms with van der Waals surface area (Å²) in [4.78, 5) is 108. The fourth-order valence-corrected chi connectivity index (χ4v) is 7.66. The van der Waals surface area contributed by atoms with Crippen molar-refractivity contribution in [2.75, 3.05) is 71.2 Å². The number of urea groups is 1. The van der Waals surface area contributed by atoms with Gasteiger partial charge in [-0.15, -0.1) is 0 Å². The first-order valence-electron chi connectivity index (χ1n) is 22.5. The summed E-state index contributed by atoms with van der Waals surface area (Å²) in [7, 11) is 0. The number of carbonyl (C=O) groups is 7. The summed E-state index contributed by atoms with van der Waals surface area (Å²) in [6, 6.07) is 17.2. The summed E-state index contributed by atoms with van der Waals surface area (Å²) >= 11 is 4.13. The first-order valence-corrected chi connectivity index (χ1v) is 23.1. The van der Waals surface area contributed by atoms with Crippen LogP contribution in [0.4, 0.5) is 4.79 Å². The Morgan fingerprint density at radius 1 is 0.701 bits per heavy atom. The number of rotatable bonds is 28. The van der Waals surface area contributed by atoms with Gasteiger partial charge in [-0.1, -0.05) is 49.4 Å². The van der Waals surface area contributed by atoms with Gasteiger partial charge in [0.2, 0.25) is 35.4 Å². The van der Waals surface area contributed by atoms with Gasteiger partial charge >= 0.3 is 6.03 Å². The number of carbonyl (C=O) groups excluding carboxylic acids is 7. The molecule has 0 aliphatic rings. The molecule has 5 rings (SSSR count). The third-order valence-electron chi connectivity index (χ3n) is 11.0. The number of fused-ring (bicyclic) bond motifs is 2. The Labute approximate surface area is 395 Å². The molecule has 20 heteroatoms. The molecule has 0 aliphatic carbocycles. The van der Waals surface area contributed by atoms with Gasteiger partial charge in [0.1, 0.15) is 6.04 Å². The number of nitrogens with two attached hydrogens (primary N) is 1. The van der Waals surface area contributed by atoms with Crippen molar-refractivity contribution in [3.8, 4) is 0 Å². The summed E-state index contributed by atoms with van der Waals surface area (Å²) in [5, 5.41) is 15.7. The average molecular weight is 939 g/mol. The lowest BCUT2D eigenvalue weighted by molar-refractivity contribution is -0.142. The van der Waals surface area contributed by atoms with E-state index in [2.05, 4.69) is 54.2 Å². The lowest BCUT2D eigenvalue weighted by Crippen LogP contribution is -2.53. The zero-order valence-electron chi connectivity index (χ0n) is 37.9. The van der Waals surface area contributed by atoms with Gasteiger partial charge in [0.25, 0.3) is 0 Å². The van der Waals surface area contributed by atoms with Gasteiger partial charge in [0.05, 0.1) is 32.7 Å². The van der Waals surface area contributed by atoms with Crippen molar-refractivity contribution in [2.45, 2.75) is 51.6 Å². The fraction of sp³-hybridized carbons (Fsp3) is 0.404. The molecule has 358 valence electrons. The summed E-state index contributed by atoms with van der Waals surface area (Å²) in [5.41, 5.74) is 9.88. The number of nitrogens with zero attached hydrogens (tertiary/aromatic N) is 4. The molecule has 0 radical (unpaired) electrons. The van der Waals surface area contributed by atoms with E-state index in [1.165, 1.54) is 14.7 Å². The zero-order valence-corrected chi connectivity index (χ0v) is 38.7. The minimum Gasteiger partial charge on any atom is -0.361 e. The number of hydrogen-bond acceptors (Lipinski definition) is 10. The van der Waals surface area contributed by atoms with Crippen LogP contribution in [0.15, 0.2) is 85.5 Å². The molecule has 1 atom stereocenters. The first kappa shape index (κ1) is 51.1. The highest BCUT2D eigenvalue weighted by Crippen LogP contribution is 2.20. The van der Waals surface area contributed by atoms with Crippen LogP contribution in [-0.4, -0.2) is 148 Å². The van der Waals surface area contributed by atoms with Crippen LogP contribution in [0, 0.1) is 0 Å². The largest absolute Gasteiger partial charge is 0.361 e. The van der Waals surface area contributed by atoms with E-state index in [0.29, 0.717) is 38.1 Å². The maximum absolute atomic E-state index is 14.0. The lowest BCUT2D eigenvalue weighted by atomic mass is 10.1. The Morgan fingerprint density at radius 3 is 1.93 bits per heavy atom. The third-order valence-corrected chi connectivity index (χ3v) is 11.2. The van der Waals surface area contributed by atoms with E-state index in [-0.39, 0.29) is 77.0 Å². The van der Waals surface area contributed by atoms with Crippen LogP contribution in [0.3, 0.4) is 0 Å². The molecule has 67 heavy (non-hydrogen) atoms. The predicted octanol–water partition coefficient (Wildman–Crippen LogP) is 1.61. The summed E-state index contributed by atoms with van der Waals surface area (Å²) in [5.74, 6) is -2.57. The minimum atomic E-state index is -1.18. The number of pyridine rings is 1. The second-order valence-corrected chi connectivity index (χ2v) is 16.4. The summed E-state index contributed by atoms with van der Waals surface area (Å²) in [6.07, 6.45) is 8.75. The molecule has 1 unspecified atom stereocenters. The van der Waals surface area contributed by atoms with Crippen LogP contribution in [-0.2, 0) is 48.2 Å². The molecule has 0 aliphatic heterocycles. The molecule has 0 saturated heterocycles. The molecule has 5 aromatic rings. The van der Waals surface area contributed by atoms with Crippen LogP contribution in [0.25, 0.3) is 21.8 Å². The molecule has 8 amide bonds.